The number of hydrogen-bond acceptors (Lipinski definition) is 3. The summed E-state index contributed by atoms with van der Waals surface area (Å²) >= 11 is 0. The Hall–Kier alpha value is -1.25. The molecule has 1 atom stereocenters. The first-order valence-electron chi connectivity index (χ1n) is 5.36. The zero-order valence-electron chi connectivity index (χ0n) is 9.58. The first kappa shape index (κ1) is 10.3. The van der Waals surface area contributed by atoms with Crippen molar-refractivity contribution in [2.24, 2.45) is 11.3 Å². The van der Waals surface area contributed by atoms with Crippen LogP contribution in [-0.4, -0.2) is 18.6 Å². The maximum atomic E-state index is 5.07. The highest BCUT2D eigenvalue weighted by Gasteiger charge is 2.44. The molecule has 0 amide bonds. The predicted molar refractivity (Wildman–Crippen MR) is 61.2 cm³/mol. The Morgan fingerprint density at radius 2 is 2.33 bits per heavy atom. The summed E-state index contributed by atoms with van der Waals surface area (Å²) in [5.41, 5.74) is 1.62. The van der Waals surface area contributed by atoms with E-state index in [1.54, 1.807) is 13.3 Å². The molecule has 0 saturated heterocycles. The van der Waals surface area contributed by atoms with E-state index in [0.717, 1.165) is 18.2 Å². The summed E-state index contributed by atoms with van der Waals surface area (Å²) in [6.07, 6.45) is 3.08. The van der Waals surface area contributed by atoms with Gasteiger partial charge in [-0.05, 0) is 23.8 Å². The first-order chi connectivity index (χ1) is 7.12. The van der Waals surface area contributed by atoms with Crippen molar-refractivity contribution in [2.45, 2.75) is 20.3 Å². The van der Waals surface area contributed by atoms with Gasteiger partial charge in [0.1, 0.15) is 0 Å². The van der Waals surface area contributed by atoms with E-state index in [1.807, 2.05) is 12.1 Å². The molecule has 2 rings (SSSR count). The van der Waals surface area contributed by atoms with Crippen LogP contribution in [0.1, 0.15) is 20.3 Å². The third-order valence-electron chi connectivity index (χ3n) is 3.21. The first-order valence-corrected chi connectivity index (χ1v) is 5.36. The summed E-state index contributed by atoms with van der Waals surface area (Å²) in [5, 5.41) is 3.42. The third-order valence-corrected chi connectivity index (χ3v) is 3.21. The van der Waals surface area contributed by atoms with E-state index in [0.29, 0.717) is 11.3 Å². The van der Waals surface area contributed by atoms with E-state index in [9.17, 15) is 0 Å². The largest absolute Gasteiger partial charge is 0.481 e. The Morgan fingerprint density at radius 3 is 2.93 bits per heavy atom. The van der Waals surface area contributed by atoms with Gasteiger partial charge in [-0.2, -0.15) is 0 Å². The van der Waals surface area contributed by atoms with Crippen LogP contribution < -0.4 is 10.1 Å². The highest BCUT2D eigenvalue weighted by molar-refractivity contribution is 5.45. The summed E-state index contributed by atoms with van der Waals surface area (Å²) in [6, 6.07) is 3.90. The van der Waals surface area contributed by atoms with Gasteiger partial charge in [-0.25, -0.2) is 4.98 Å². The molecule has 0 radical (unpaired) electrons. The average molecular weight is 206 g/mol. The van der Waals surface area contributed by atoms with Gasteiger partial charge in [0.05, 0.1) is 7.11 Å². The lowest BCUT2D eigenvalue weighted by atomic mass is 10.1. The molecular formula is C12H18N2O. The average Bonchev–Trinajstić information content (AvgIpc) is 2.84. The summed E-state index contributed by atoms with van der Waals surface area (Å²) in [5.74, 6) is 1.46. The number of methoxy groups -OCH3 is 1. The number of nitrogens with zero attached hydrogens (tertiary/aromatic N) is 1. The zero-order valence-corrected chi connectivity index (χ0v) is 9.58. The fourth-order valence-corrected chi connectivity index (χ4v) is 1.80. The van der Waals surface area contributed by atoms with E-state index in [-0.39, 0.29) is 0 Å². The fraction of sp³-hybridized carbons (Fsp3) is 0.583. The van der Waals surface area contributed by atoms with Crippen molar-refractivity contribution in [2.75, 3.05) is 19.0 Å². The molecule has 82 valence electrons. The molecule has 1 aliphatic rings. The van der Waals surface area contributed by atoms with Gasteiger partial charge in [0.15, 0.2) is 0 Å². The summed E-state index contributed by atoms with van der Waals surface area (Å²) in [7, 11) is 1.64. The third kappa shape index (κ3) is 2.41. The minimum atomic E-state index is 0.532. The number of aromatic nitrogens is 1. The maximum Gasteiger partial charge on any atom is 0.214 e. The van der Waals surface area contributed by atoms with Crippen molar-refractivity contribution in [1.29, 1.82) is 0 Å². The van der Waals surface area contributed by atoms with Gasteiger partial charge in [-0.1, -0.05) is 13.8 Å². The van der Waals surface area contributed by atoms with Crippen LogP contribution in [0, 0.1) is 11.3 Å². The van der Waals surface area contributed by atoms with Gasteiger partial charge in [0.2, 0.25) is 5.88 Å². The smallest absolute Gasteiger partial charge is 0.214 e. The number of anilines is 1. The van der Waals surface area contributed by atoms with Crippen LogP contribution in [0.4, 0.5) is 5.69 Å². The summed E-state index contributed by atoms with van der Waals surface area (Å²) in [6.45, 7) is 5.67. The molecule has 0 aliphatic heterocycles. The minimum absolute atomic E-state index is 0.532. The van der Waals surface area contributed by atoms with Gasteiger partial charge >= 0.3 is 0 Å². The van der Waals surface area contributed by atoms with Crippen LogP contribution in [0.2, 0.25) is 0 Å². The molecule has 1 fully saturated rings. The Kier molecular flexibility index (Phi) is 2.55. The highest BCUT2D eigenvalue weighted by atomic mass is 16.5. The molecule has 0 spiro atoms. The molecular weight excluding hydrogens is 188 g/mol. The molecule has 0 aromatic carbocycles. The molecule has 1 saturated carbocycles. The number of ether oxygens (including phenoxy) is 1. The van der Waals surface area contributed by atoms with E-state index in [1.165, 1.54) is 6.42 Å². The standard InChI is InChI=1S/C12H18N2O/c1-12(2)7-9(12)8-14-10-4-5-13-11(6-10)15-3/h4-6,9H,7-8H2,1-3H3,(H,13,14). The second kappa shape index (κ2) is 3.72. The number of nitrogens with one attached hydrogen (secondary N) is 1. The van der Waals surface area contributed by atoms with Crippen molar-refractivity contribution in [1.82, 2.24) is 4.98 Å². The monoisotopic (exact) mass is 206 g/mol. The van der Waals surface area contributed by atoms with Crippen LogP contribution in [-0.2, 0) is 0 Å². The van der Waals surface area contributed by atoms with Gasteiger partial charge in [0, 0.05) is 24.5 Å². The Labute approximate surface area is 90.9 Å². The molecule has 1 aromatic heterocycles. The maximum absolute atomic E-state index is 5.07. The van der Waals surface area contributed by atoms with Gasteiger partial charge in [-0.15, -0.1) is 0 Å². The molecule has 1 unspecified atom stereocenters. The second-order valence-corrected chi connectivity index (χ2v) is 4.86. The van der Waals surface area contributed by atoms with E-state index >= 15 is 0 Å². The molecule has 1 N–H and O–H groups in total. The van der Waals surface area contributed by atoms with Crippen molar-refractivity contribution in [3.05, 3.63) is 18.3 Å². The van der Waals surface area contributed by atoms with E-state index in [4.69, 9.17) is 4.74 Å². The molecule has 3 nitrogen and oxygen atoms in total. The van der Waals surface area contributed by atoms with Crippen molar-refractivity contribution in [3.63, 3.8) is 0 Å². The fourth-order valence-electron chi connectivity index (χ4n) is 1.80. The molecule has 1 heterocycles. The molecule has 1 aromatic rings. The Bertz CT molecular complexity index is 349. The topological polar surface area (TPSA) is 34.1 Å². The van der Waals surface area contributed by atoms with Gasteiger partial charge in [0.25, 0.3) is 0 Å². The summed E-state index contributed by atoms with van der Waals surface area (Å²) in [4.78, 5) is 4.07. The number of hydrogen-bond donors (Lipinski definition) is 1. The van der Waals surface area contributed by atoms with Crippen molar-refractivity contribution < 1.29 is 4.74 Å². The minimum Gasteiger partial charge on any atom is -0.481 e. The lowest BCUT2D eigenvalue weighted by Crippen LogP contribution is -2.07. The van der Waals surface area contributed by atoms with E-state index in [2.05, 4.69) is 24.1 Å². The number of rotatable bonds is 4. The lowest BCUT2D eigenvalue weighted by Gasteiger charge is -2.08. The van der Waals surface area contributed by atoms with Gasteiger partial charge < -0.3 is 10.1 Å². The van der Waals surface area contributed by atoms with Crippen LogP contribution in [0.15, 0.2) is 18.3 Å². The van der Waals surface area contributed by atoms with Crippen molar-refractivity contribution >= 4 is 5.69 Å². The van der Waals surface area contributed by atoms with Crippen LogP contribution in [0.25, 0.3) is 0 Å². The summed E-state index contributed by atoms with van der Waals surface area (Å²) < 4.78 is 5.07. The molecule has 15 heavy (non-hydrogen) atoms. The lowest BCUT2D eigenvalue weighted by molar-refractivity contribution is 0.398. The number of pyridine rings is 1. The van der Waals surface area contributed by atoms with Crippen LogP contribution >= 0.6 is 0 Å². The Balaban J connectivity index is 1.88. The zero-order chi connectivity index (χ0) is 10.9. The molecule has 0 bridgehead atoms. The Morgan fingerprint density at radius 1 is 1.60 bits per heavy atom. The second-order valence-electron chi connectivity index (χ2n) is 4.86. The van der Waals surface area contributed by atoms with Crippen LogP contribution in [0.3, 0.4) is 0 Å². The highest BCUT2D eigenvalue weighted by Crippen LogP contribution is 2.51. The SMILES string of the molecule is COc1cc(NCC2CC2(C)C)ccn1. The van der Waals surface area contributed by atoms with E-state index < -0.39 is 0 Å². The van der Waals surface area contributed by atoms with Gasteiger partial charge in [-0.3, -0.25) is 0 Å². The van der Waals surface area contributed by atoms with Crippen molar-refractivity contribution in [3.8, 4) is 5.88 Å². The predicted octanol–water partition coefficient (Wildman–Crippen LogP) is 2.55. The molecule has 1 aliphatic carbocycles. The normalized spacial score (nSPS) is 22.2. The molecule has 3 heteroatoms. The van der Waals surface area contributed by atoms with Crippen LogP contribution in [0.5, 0.6) is 5.88 Å². The quantitative estimate of drug-likeness (QED) is 0.822.